The molecule has 0 aliphatic heterocycles. The first kappa shape index (κ1) is 61.8. The molecule has 0 aromatic heterocycles. The molecule has 0 fully saturated rings. The third-order valence-electron chi connectivity index (χ3n) is 12.8. The van der Waals surface area contributed by atoms with Crippen molar-refractivity contribution in [2.75, 3.05) is 6.61 Å². The summed E-state index contributed by atoms with van der Waals surface area (Å²) in [6.07, 6.45) is 63.2. The standard InChI is InChI=1S/C58H107NO5/c1-4-7-10-13-16-19-22-25-27-28-29-30-33-36-39-42-45-48-51-58(63)64-54(49-46-43-40-37-34-31-24-21-18-15-12-9-6-3)52-57(62)59-55(53-60)56(61)50-47-44-41-38-35-32-26-23-20-17-14-11-8-5-2/h9,12,15,18,21,24,31,34,54-56,60-61H,4-8,10-11,13-14,16-17,19-20,22-23,25-30,32-33,35-53H2,1-3H3,(H,59,62)/b12-9+,18-15+,24-21+,34-31-. The van der Waals surface area contributed by atoms with E-state index in [0.29, 0.717) is 19.3 Å². The van der Waals surface area contributed by atoms with Crippen molar-refractivity contribution in [3.63, 3.8) is 0 Å². The summed E-state index contributed by atoms with van der Waals surface area (Å²) in [4.78, 5) is 26.2. The predicted molar refractivity (Wildman–Crippen MR) is 278 cm³/mol. The second-order valence-electron chi connectivity index (χ2n) is 19.1. The number of hydrogen-bond acceptors (Lipinski definition) is 5. The van der Waals surface area contributed by atoms with Gasteiger partial charge in [-0.2, -0.15) is 0 Å². The van der Waals surface area contributed by atoms with Gasteiger partial charge >= 0.3 is 5.97 Å². The zero-order valence-corrected chi connectivity index (χ0v) is 42.7. The van der Waals surface area contributed by atoms with E-state index in [1.807, 2.05) is 24.3 Å². The van der Waals surface area contributed by atoms with E-state index >= 15 is 0 Å². The van der Waals surface area contributed by atoms with Crippen LogP contribution in [-0.2, 0) is 14.3 Å². The van der Waals surface area contributed by atoms with E-state index in [2.05, 4.69) is 50.4 Å². The van der Waals surface area contributed by atoms with Gasteiger partial charge in [-0.05, 0) is 44.9 Å². The lowest BCUT2D eigenvalue weighted by molar-refractivity contribution is -0.151. The highest BCUT2D eigenvalue weighted by atomic mass is 16.5. The minimum Gasteiger partial charge on any atom is -0.462 e. The summed E-state index contributed by atoms with van der Waals surface area (Å²) < 4.78 is 5.93. The van der Waals surface area contributed by atoms with Gasteiger partial charge in [0.1, 0.15) is 6.10 Å². The van der Waals surface area contributed by atoms with E-state index in [1.54, 1.807) is 0 Å². The van der Waals surface area contributed by atoms with E-state index in [0.717, 1.165) is 70.6 Å². The highest BCUT2D eigenvalue weighted by Gasteiger charge is 2.24. The van der Waals surface area contributed by atoms with Crippen LogP contribution in [0.2, 0.25) is 0 Å². The summed E-state index contributed by atoms with van der Waals surface area (Å²) in [6, 6.07) is -0.713. The molecule has 0 saturated heterocycles. The molecule has 0 heterocycles. The number of aliphatic hydroxyl groups excluding tert-OH is 2. The fraction of sp³-hybridized carbons (Fsp3) is 0.828. The Kier molecular flexibility index (Phi) is 50.0. The molecular weight excluding hydrogens is 791 g/mol. The first-order valence-electron chi connectivity index (χ1n) is 27.9. The molecule has 0 saturated carbocycles. The Hall–Kier alpha value is -2.18. The van der Waals surface area contributed by atoms with Crippen molar-refractivity contribution in [2.45, 2.75) is 302 Å². The summed E-state index contributed by atoms with van der Waals surface area (Å²) >= 11 is 0. The van der Waals surface area contributed by atoms with Crippen LogP contribution in [0, 0.1) is 0 Å². The molecule has 374 valence electrons. The lowest BCUT2D eigenvalue weighted by Gasteiger charge is -2.24. The average Bonchev–Trinajstić information content (AvgIpc) is 3.29. The summed E-state index contributed by atoms with van der Waals surface area (Å²) in [5, 5.41) is 23.8. The zero-order valence-electron chi connectivity index (χ0n) is 42.7. The van der Waals surface area contributed by atoms with E-state index in [-0.39, 0.29) is 24.9 Å². The van der Waals surface area contributed by atoms with Gasteiger partial charge in [0.25, 0.3) is 0 Å². The van der Waals surface area contributed by atoms with E-state index in [1.165, 1.54) is 167 Å². The van der Waals surface area contributed by atoms with E-state index in [9.17, 15) is 19.8 Å². The highest BCUT2D eigenvalue weighted by Crippen LogP contribution is 2.18. The van der Waals surface area contributed by atoms with Crippen LogP contribution in [-0.4, -0.2) is 46.9 Å². The number of carbonyl (C=O) groups is 2. The normalized spacial score (nSPS) is 13.5. The molecule has 0 rings (SSSR count). The van der Waals surface area contributed by atoms with Crippen LogP contribution in [0.5, 0.6) is 0 Å². The third-order valence-corrected chi connectivity index (χ3v) is 12.8. The van der Waals surface area contributed by atoms with Gasteiger partial charge in [0, 0.05) is 6.42 Å². The second kappa shape index (κ2) is 51.8. The van der Waals surface area contributed by atoms with Gasteiger partial charge < -0.3 is 20.3 Å². The maximum absolute atomic E-state index is 13.2. The number of esters is 1. The van der Waals surface area contributed by atoms with Crippen molar-refractivity contribution < 1.29 is 24.5 Å². The van der Waals surface area contributed by atoms with Gasteiger partial charge in [-0.1, -0.05) is 275 Å². The van der Waals surface area contributed by atoms with Gasteiger partial charge in [-0.15, -0.1) is 0 Å². The number of nitrogens with one attached hydrogen (secondary N) is 1. The SMILES string of the molecule is CC/C=C/C=C/C=C/C=C\CCCCCC(CC(=O)NC(CO)C(O)CCCCCCCCCCCCCCCC)OC(=O)CCCCCCCCCCCCCCCCCCCC. The minimum atomic E-state index is -0.798. The van der Waals surface area contributed by atoms with Gasteiger partial charge in [-0.25, -0.2) is 0 Å². The number of allylic oxidation sites excluding steroid dienone is 8. The minimum absolute atomic E-state index is 0.0542. The molecule has 3 N–H and O–H groups in total. The van der Waals surface area contributed by atoms with Crippen LogP contribution in [0.1, 0.15) is 284 Å². The maximum atomic E-state index is 13.2. The molecule has 0 spiro atoms. The molecule has 6 nitrogen and oxygen atoms in total. The van der Waals surface area contributed by atoms with Crippen molar-refractivity contribution in [1.29, 1.82) is 0 Å². The first-order valence-corrected chi connectivity index (χ1v) is 27.9. The van der Waals surface area contributed by atoms with Crippen LogP contribution in [0.25, 0.3) is 0 Å². The number of ether oxygens (including phenoxy) is 1. The van der Waals surface area contributed by atoms with Gasteiger partial charge in [0.2, 0.25) is 5.91 Å². The molecule has 64 heavy (non-hydrogen) atoms. The number of aliphatic hydroxyl groups is 2. The van der Waals surface area contributed by atoms with Gasteiger partial charge in [-0.3, -0.25) is 9.59 Å². The molecule has 0 aromatic rings. The van der Waals surface area contributed by atoms with Crippen molar-refractivity contribution >= 4 is 11.9 Å². The molecule has 3 unspecified atom stereocenters. The van der Waals surface area contributed by atoms with Crippen molar-refractivity contribution in [3.05, 3.63) is 48.6 Å². The lowest BCUT2D eigenvalue weighted by Crippen LogP contribution is -2.46. The Bertz CT molecular complexity index is 1100. The van der Waals surface area contributed by atoms with E-state index < -0.39 is 18.2 Å². The molecule has 0 bridgehead atoms. The molecule has 0 aliphatic carbocycles. The smallest absolute Gasteiger partial charge is 0.306 e. The molecule has 0 aromatic carbocycles. The zero-order chi connectivity index (χ0) is 46.7. The summed E-state index contributed by atoms with van der Waals surface area (Å²) in [7, 11) is 0. The summed E-state index contributed by atoms with van der Waals surface area (Å²) in [5.74, 6) is -0.501. The number of rotatable bonds is 50. The molecule has 3 atom stereocenters. The third kappa shape index (κ3) is 46.4. The Morgan fingerprint density at radius 3 is 1.28 bits per heavy atom. The van der Waals surface area contributed by atoms with Gasteiger partial charge in [0.15, 0.2) is 0 Å². The summed E-state index contributed by atoms with van der Waals surface area (Å²) in [6.45, 7) is 6.36. The monoisotopic (exact) mass is 898 g/mol. The fourth-order valence-corrected chi connectivity index (χ4v) is 8.56. The highest BCUT2D eigenvalue weighted by molar-refractivity contribution is 5.77. The number of carbonyl (C=O) groups excluding carboxylic acids is 2. The first-order chi connectivity index (χ1) is 31.5. The largest absolute Gasteiger partial charge is 0.462 e. The topological polar surface area (TPSA) is 95.9 Å². The van der Waals surface area contributed by atoms with E-state index in [4.69, 9.17) is 4.74 Å². The van der Waals surface area contributed by atoms with Crippen LogP contribution >= 0.6 is 0 Å². The van der Waals surface area contributed by atoms with Crippen LogP contribution in [0.15, 0.2) is 48.6 Å². The van der Waals surface area contributed by atoms with Crippen LogP contribution in [0.3, 0.4) is 0 Å². The Labute approximate surface area is 397 Å². The Morgan fingerprint density at radius 2 is 0.844 bits per heavy atom. The number of hydrogen-bond donors (Lipinski definition) is 3. The second-order valence-corrected chi connectivity index (χ2v) is 19.1. The predicted octanol–water partition coefficient (Wildman–Crippen LogP) is 17.0. The summed E-state index contributed by atoms with van der Waals surface area (Å²) in [5.41, 5.74) is 0. The van der Waals surface area contributed by atoms with Gasteiger partial charge in [0.05, 0.1) is 25.2 Å². The van der Waals surface area contributed by atoms with Crippen molar-refractivity contribution in [3.8, 4) is 0 Å². The molecule has 1 amide bonds. The molecule has 0 radical (unpaired) electrons. The van der Waals surface area contributed by atoms with Crippen LogP contribution in [0.4, 0.5) is 0 Å². The Balaban J connectivity index is 4.54. The quantitative estimate of drug-likeness (QED) is 0.0321. The van der Waals surface area contributed by atoms with Crippen LogP contribution < -0.4 is 5.32 Å². The average molecular weight is 898 g/mol. The Morgan fingerprint density at radius 1 is 0.469 bits per heavy atom. The fourth-order valence-electron chi connectivity index (χ4n) is 8.56. The number of unbranched alkanes of at least 4 members (excludes halogenated alkanes) is 33. The number of amides is 1. The lowest BCUT2D eigenvalue weighted by atomic mass is 10.0. The maximum Gasteiger partial charge on any atom is 0.306 e. The van der Waals surface area contributed by atoms with Crippen molar-refractivity contribution in [1.82, 2.24) is 5.32 Å². The molecule has 6 heteroatoms. The molecular formula is C58H107NO5. The molecule has 0 aliphatic rings. The van der Waals surface area contributed by atoms with Crippen molar-refractivity contribution in [2.24, 2.45) is 0 Å².